The van der Waals surface area contributed by atoms with Crippen molar-refractivity contribution in [3.05, 3.63) is 0 Å². The molecule has 0 aliphatic carbocycles. The van der Waals surface area contributed by atoms with Crippen molar-refractivity contribution in [2.24, 2.45) is 11.5 Å². The van der Waals surface area contributed by atoms with E-state index in [4.69, 9.17) is 11.5 Å². The van der Waals surface area contributed by atoms with E-state index in [0.717, 1.165) is 13.0 Å². The third-order valence-corrected chi connectivity index (χ3v) is 4.13. The Balaban J connectivity index is 3.28. The van der Waals surface area contributed by atoms with E-state index in [0.29, 0.717) is 6.54 Å². The van der Waals surface area contributed by atoms with Gasteiger partial charge < -0.3 is 0 Å². The Labute approximate surface area is 73.5 Å². The Kier molecular flexibility index (Phi) is 5.61. The number of hydrogen-bond donors (Lipinski definition) is 3. The minimum atomic E-state index is -0.0802. The van der Waals surface area contributed by atoms with Crippen molar-refractivity contribution in [2.75, 3.05) is 13.1 Å². The van der Waals surface area contributed by atoms with Crippen LogP contribution in [0.25, 0.3) is 0 Å². The van der Waals surface area contributed by atoms with E-state index >= 15 is 0 Å². The average Bonchev–Trinajstić information content (AvgIpc) is 1.89. The summed E-state index contributed by atoms with van der Waals surface area (Å²) in [6.45, 7) is 5.81. The molecule has 64 valence electrons. The first-order valence-corrected chi connectivity index (χ1v) is 5.65. The van der Waals surface area contributed by atoms with Crippen LogP contribution in [0.4, 0.5) is 0 Å². The molecule has 0 fully saturated rings. The monoisotopic (exact) mass is 258 g/mol. The molecule has 3 nitrogen and oxygen atoms in total. The van der Waals surface area contributed by atoms with Crippen molar-refractivity contribution >= 4 is 0 Å². The number of halogens is 1. The standard InChI is InChI=1S/C6H17IN3/c1-3-6(2,9)7-10-5-4-8/h10H,3-5,8-9H2,1-2H3/q-1. The molecule has 1 unspecified atom stereocenters. The molecule has 0 saturated heterocycles. The summed E-state index contributed by atoms with van der Waals surface area (Å²) in [6.07, 6.45) is 1.04. The molecule has 0 aliphatic heterocycles. The Hall–Kier alpha value is 0.610. The normalized spacial score (nSPS) is 17.2. The van der Waals surface area contributed by atoms with Gasteiger partial charge in [-0.15, -0.1) is 0 Å². The summed E-state index contributed by atoms with van der Waals surface area (Å²) in [5, 5.41) is 0. The van der Waals surface area contributed by atoms with E-state index < -0.39 is 0 Å². The summed E-state index contributed by atoms with van der Waals surface area (Å²) >= 11 is -0.0802. The summed E-state index contributed by atoms with van der Waals surface area (Å²) in [5.41, 5.74) is 11.2. The van der Waals surface area contributed by atoms with Crippen molar-refractivity contribution in [3.63, 3.8) is 0 Å². The van der Waals surface area contributed by atoms with E-state index in [1.807, 2.05) is 0 Å². The van der Waals surface area contributed by atoms with Gasteiger partial charge in [0.25, 0.3) is 0 Å². The van der Waals surface area contributed by atoms with Crippen LogP contribution in [-0.4, -0.2) is 16.6 Å². The van der Waals surface area contributed by atoms with Crippen molar-refractivity contribution in [2.45, 2.75) is 23.8 Å². The quantitative estimate of drug-likeness (QED) is 0.158. The minimum absolute atomic E-state index is 0.0358. The SMILES string of the molecule is CCC(C)(N)[I-]NCCN. The van der Waals surface area contributed by atoms with Crippen LogP contribution in [0, 0.1) is 0 Å². The molecule has 0 saturated carbocycles. The first-order valence-electron chi connectivity index (χ1n) is 3.49. The van der Waals surface area contributed by atoms with Gasteiger partial charge in [-0.3, -0.25) is 0 Å². The zero-order valence-electron chi connectivity index (χ0n) is 6.65. The van der Waals surface area contributed by atoms with Crippen LogP contribution in [0.15, 0.2) is 0 Å². The zero-order valence-corrected chi connectivity index (χ0v) is 8.81. The van der Waals surface area contributed by atoms with Gasteiger partial charge in [0.1, 0.15) is 0 Å². The Morgan fingerprint density at radius 2 is 2.20 bits per heavy atom. The van der Waals surface area contributed by atoms with Gasteiger partial charge in [0.05, 0.1) is 0 Å². The molecular formula is C6H17IN3-. The van der Waals surface area contributed by atoms with Gasteiger partial charge in [-0.25, -0.2) is 0 Å². The first kappa shape index (κ1) is 10.6. The Morgan fingerprint density at radius 3 is 2.60 bits per heavy atom. The molecule has 0 radical (unpaired) electrons. The molecule has 4 heteroatoms. The number of hydrogen-bond acceptors (Lipinski definition) is 3. The van der Waals surface area contributed by atoms with Crippen molar-refractivity contribution < 1.29 is 21.5 Å². The van der Waals surface area contributed by atoms with Crippen molar-refractivity contribution in [1.29, 1.82) is 0 Å². The van der Waals surface area contributed by atoms with E-state index in [1.54, 1.807) is 0 Å². The summed E-state index contributed by atoms with van der Waals surface area (Å²) in [7, 11) is 0. The molecule has 0 spiro atoms. The van der Waals surface area contributed by atoms with E-state index in [9.17, 15) is 0 Å². The van der Waals surface area contributed by atoms with Gasteiger partial charge in [-0.2, -0.15) is 0 Å². The summed E-state index contributed by atoms with van der Waals surface area (Å²) < 4.78 is 3.32. The molecule has 0 aromatic rings. The first-order chi connectivity index (χ1) is 4.62. The summed E-state index contributed by atoms with van der Waals surface area (Å²) in [4.78, 5) is 0. The number of rotatable bonds is 5. The second-order valence-corrected chi connectivity index (χ2v) is 6.16. The average molecular weight is 258 g/mol. The van der Waals surface area contributed by atoms with Crippen LogP contribution < -0.4 is 36.5 Å². The number of alkyl halides is 1. The topological polar surface area (TPSA) is 64.1 Å². The van der Waals surface area contributed by atoms with E-state index in [2.05, 4.69) is 17.4 Å². The van der Waals surface area contributed by atoms with Crippen LogP contribution in [0.2, 0.25) is 0 Å². The zero-order chi connectivity index (χ0) is 8.04. The predicted molar refractivity (Wildman–Crippen MR) is 39.9 cm³/mol. The second-order valence-electron chi connectivity index (χ2n) is 2.40. The molecule has 0 aromatic heterocycles. The Bertz CT molecular complexity index is 85.1. The molecule has 1 atom stereocenters. The number of nitrogens with two attached hydrogens (primary N) is 2. The van der Waals surface area contributed by atoms with Gasteiger partial charge in [-0.1, -0.05) is 0 Å². The second kappa shape index (κ2) is 5.29. The number of nitrogens with one attached hydrogen (secondary N) is 1. The third kappa shape index (κ3) is 5.40. The Morgan fingerprint density at radius 1 is 1.60 bits per heavy atom. The molecule has 10 heavy (non-hydrogen) atoms. The van der Waals surface area contributed by atoms with Gasteiger partial charge in [0, 0.05) is 0 Å². The van der Waals surface area contributed by atoms with Gasteiger partial charge >= 0.3 is 73.4 Å². The fraction of sp³-hybridized carbons (Fsp3) is 1.00. The van der Waals surface area contributed by atoms with Gasteiger partial charge in [-0.05, 0) is 0 Å². The van der Waals surface area contributed by atoms with Crippen LogP contribution in [0.1, 0.15) is 20.3 Å². The maximum absolute atomic E-state index is 5.90. The van der Waals surface area contributed by atoms with Crippen molar-refractivity contribution in [1.82, 2.24) is 3.53 Å². The molecule has 0 aromatic carbocycles. The van der Waals surface area contributed by atoms with Crippen LogP contribution in [0.3, 0.4) is 0 Å². The third-order valence-electron chi connectivity index (χ3n) is 1.21. The van der Waals surface area contributed by atoms with Gasteiger partial charge in [0.2, 0.25) is 0 Å². The van der Waals surface area contributed by atoms with E-state index in [-0.39, 0.29) is 25.0 Å². The molecule has 0 aliphatic rings. The fourth-order valence-electron chi connectivity index (χ4n) is 0.321. The molecule has 0 amide bonds. The van der Waals surface area contributed by atoms with Gasteiger partial charge in [0.15, 0.2) is 0 Å². The summed E-state index contributed by atoms with van der Waals surface area (Å²) in [6, 6.07) is 0. The molecule has 5 N–H and O–H groups in total. The van der Waals surface area contributed by atoms with Crippen LogP contribution in [-0.2, 0) is 0 Å². The van der Waals surface area contributed by atoms with Crippen molar-refractivity contribution in [3.8, 4) is 0 Å². The molecular weight excluding hydrogens is 241 g/mol. The maximum atomic E-state index is 5.90. The van der Waals surface area contributed by atoms with E-state index in [1.165, 1.54) is 0 Å². The van der Waals surface area contributed by atoms with Crippen LogP contribution in [0.5, 0.6) is 0 Å². The van der Waals surface area contributed by atoms with Crippen LogP contribution >= 0.6 is 0 Å². The predicted octanol–water partition coefficient (Wildman–Crippen LogP) is -3.38. The molecule has 0 bridgehead atoms. The molecule has 0 rings (SSSR count). The fourth-order valence-corrected chi connectivity index (χ4v) is 2.16. The molecule has 0 heterocycles. The summed E-state index contributed by atoms with van der Waals surface area (Å²) in [5.74, 6) is 0.